The van der Waals surface area contributed by atoms with E-state index in [-0.39, 0.29) is 16.2 Å². The second-order valence-electron chi connectivity index (χ2n) is 4.10. The molecule has 1 heterocycles. The number of hydrogen-bond acceptors (Lipinski definition) is 6. The molecule has 9 heteroatoms. The molecule has 0 aliphatic carbocycles. The molecule has 0 saturated heterocycles. The van der Waals surface area contributed by atoms with Crippen molar-refractivity contribution in [3.05, 3.63) is 66.2 Å². The molecule has 2 rings (SSSR count). The van der Waals surface area contributed by atoms with E-state index in [1.807, 2.05) is 0 Å². The first-order valence-corrected chi connectivity index (χ1v) is 7.38. The molecule has 8 nitrogen and oxygen atoms in total. The third-order valence-electron chi connectivity index (χ3n) is 2.61. The number of benzene rings is 1. The van der Waals surface area contributed by atoms with Crippen LogP contribution in [-0.2, 0) is 10.0 Å². The van der Waals surface area contributed by atoms with Crippen molar-refractivity contribution in [2.45, 2.75) is 4.90 Å². The fourth-order valence-corrected chi connectivity index (χ4v) is 2.26. The van der Waals surface area contributed by atoms with Crippen LogP contribution in [0.1, 0.15) is 10.4 Å². The first-order valence-electron chi connectivity index (χ1n) is 5.94. The summed E-state index contributed by atoms with van der Waals surface area (Å²) in [5.74, 6) is -1.16. The van der Waals surface area contributed by atoms with E-state index in [0.29, 0.717) is 0 Å². The highest BCUT2D eigenvalue weighted by Gasteiger charge is 2.13. The van der Waals surface area contributed by atoms with Crippen LogP contribution in [-0.4, -0.2) is 29.8 Å². The van der Waals surface area contributed by atoms with Crippen LogP contribution >= 0.6 is 0 Å². The summed E-state index contributed by atoms with van der Waals surface area (Å²) in [6.07, 6.45) is 7.14. The number of carbonyl (C=O) groups is 1. The maximum Gasteiger partial charge on any atom is 0.335 e. The maximum absolute atomic E-state index is 11.9. The van der Waals surface area contributed by atoms with Crippen LogP contribution < -0.4 is 0 Å². The quantitative estimate of drug-likeness (QED) is 0.820. The minimum atomic E-state index is -4.04. The molecule has 0 fully saturated rings. The average Bonchev–Trinajstić information content (AvgIpc) is 2.49. The van der Waals surface area contributed by atoms with Gasteiger partial charge in [-0.05, 0) is 36.4 Å². The minimum Gasteiger partial charge on any atom is -0.478 e. The highest BCUT2D eigenvalue weighted by atomic mass is 32.2. The number of sulfonamides is 1. The van der Waals surface area contributed by atoms with Crippen LogP contribution in [0.2, 0.25) is 0 Å². The molecule has 1 aromatic carbocycles. The molecule has 0 aromatic heterocycles. The molecular formula is C13H11N3O5S. The summed E-state index contributed by atoms with van der Waals surface area (Å²) in [4.78, 5) is 10.5. The van der Waals surface area contributed by atoms with Gasteiger partial charge in [0, 0.05) is 6.20 Å². The van der Waals surface area contributed by atoms with Crippen molar-refractivity contribution in [2.24, 2.45) is 9.63 Å². The Labute approximate surface area is 126 Å². The topological polar surface area (TPSA) is 120 Å². The van der Waals surface area contributed by atoms with Gasteiger partial charge in [0.1, 0.15) is 0 Å². The monoisotopic (exact) mass is 321 g/mol. The Balaban J connectivity index is 2.19. The molecule has 0 bridgehead atoms. The van der Waals surface area contributed by atoms with Crippen LogP contribution in [0, 0.1) is 0 Å². The second kappa shape index (κ2) is 6.33. The molecule has 0 spiro atoms. The number of hydroxylamine groups is 2. The number of hydrogen-bond donors (Lipinski definition) is 2. The van der Waals surface area contributed by atoms with Gasteiger partial charge in [-0.1, -0.05) is 10.6 Å². The number of aromatic carboxylic acids is 1. The van der Waals surface area contributed by atoms with Gasteiger partial charge in [0.15, 0.2) is 0 Å². The van der Waals surface area contributed by atoms with Crippen molar-refractivity contribution in [1.29, 1.82) is 0 Å². The molecule has 1 aliphatic heterocycles. The van der Waals surface area contributed by atoms with E-state index in [1.54, 1.807) is 12.2 Å². The number of carboxylic acids is 1. The van der Waals surface area contributed by atoms with Gasteiger partial charge in [-0.25, -0.2) is 9.86 Å². The maximum atomic E-state index is 11.9. The van der Waals surface area contributed by atoms with Gasteiger partial charge in [-0.2, -0.15) is 8.42 Å². The first kappa shape index (κ1) is 15.6. The summed E-state index contributed by atoms with van der Waals surface area (Å²) in [7, 11) is -4.04. The zero-order valence-electron chi connectivity index (χ0n) is 11.1. The Kier molecular flexibility index (Phi) is 4.49. The predicted molar refractivity (Wildman–Crippen MR) is 75.4 cm³/mol. The molecule has 1 aliphatic rings. The van der Waals surface area contributed by atoms with Crippen LogP contribution in [0.15, 0.2) is 75.1 Å². The Bertz CT molecular complexity index is 791. The van der Waals surface area contributed by atoms with Crippen molar-refractivity contribution in [1.82, 2.24) is 5.06 Å². The lowest BCUT2D eigenvalue weighted by molar-refractivity contribution is -0.000515. The molecule has 0 amide bonds. The van der Waals surface area contributed by atoms with E-state index >= 15 is 0 Å². The summed E-state index contributed by atoms with van der Waals surface area (Å²) in [6.45, 7) is 0. The van der Waals surface area contributed by atoms with Crippen LogP contribution in [0.25, 0.3) is 0 Å². The highest BCUT2D eigenvalue weighted by Crippen LogP contribution is 2.15. The summed E-state index contributed by atoms with van der Waals surface area (Å²) in [6, 6.07) is 4.58. The van der Waals surface area contributed by atoms with E-state index < -0.39 is 16.0 Å². The van der Waals surface area contributed by atoms with Crippen LogP contribution in [0.5, 0.6) is 0 Å². The van der Waals surface area contributed by atoms with E-state index in [4.69, 9.17) is 5.11 Å². The molecule has 1 aromatic rings. The molecule has 2 N–H and O–H groups in total. The molecule has 0 atom stereocenters. The highest BCUT2D eigenvalue weighted by molar-refractivity contribution is 7.90. The van der Waals surface area contributed by atoms with E-state index in [0.717, 1.165) is 35.5 Å². The summed E-state index contributed by atoms with van der Waals surface area (Å²) in [5, 5.41) is 22.3. The van der Waals surface area contributed by atoms with Crippen molar-refractivity contribution < 1.29 is 23.5 Å². The second-order valence-corrected chi connectivity index (χ2v) is 5.69. The lowest BCUT2D eigenvalue weighted by Gasteiger charge is -2.13. The number of carboxylic acid groups (broad SMARTS) is 1. The largest absolute Gasteiger partial charge is 0.478 e. The summed E-state index contributed by atoms with van der Waals surface area (Å²) >= 11 is 0. The van der Waals surface area contributed by atoms with Gasteiger partial charge >= 0.3 is 5.97 Å². The van der Waals surface area contributed by atoms with Crippen molar-refractivity contribution in [2.75, 3.05) is 0 Å². The van der Waals surface area contributed by atoms with E-state index in [1.165, 1.54) is 12.3 Å². The van der Waals surface area contributed by atoms with Gasteiger partial charge in [-0.15, -0.1) is 5.11 Å². The van der Waals surface area contributed by atoms with Crippen molar-refractivity contribution >= 4 is 16.0 Å². The summed E-state index contributed by atoms with van der Waals surface area (Å²) in [5.41, 5.74) is 0.204. The predicted octanol–water partition coefficient (Wildman–Crippen LogP) is 2.14. The zero-order chi connectivity index (χ0) is 16.2. The van der Waals surface area contributed by atoms with Gasteiger partial charge in [0.2, 0.25) is 0 Å². The molecule has 22 heavy (non-hydrogen) atoms. The lowest BCUT2D eigenvalue weighted by atomic mass is 10.2. The Hall–Kier alpha value is -2.78. The lowest BCUT2D eigenvalue weighted by Crippen LogP contribution is -2.10. The Morgan fingerprint density at radius 3 is 2.45 bits per heavy atom. The van der Waals surface area contributed by atoms with E-state index in [2.05, 4.69) is 9.63 Å². The summed E-state index contributed by atoms with van der Waals surface area (Å²) < 4.78 is 27.0. The van der Waals surface area contributed by atoms with Gasteiger partial charge in [0.25, 0.3) is 10.0 Å². The standard InChI is InChI=1S/C13H11N3O5S/c17-13(18)10-4-6-12(7-5-10)22(20,21)15-14-9-11-3-1-2-8-16(11)19/h1-9,19H,(H,17,18)/b11-9+,15-14?. The third-order valence-corrected chi connectivity index (χ3v) is 3.79. The average molecular weight is 321 g/mol. The van der Waals surface area contributed by atoms with Crippen LogP contribution in [0.4, 0.5) is 0 Å². The fourth-order valence-electron chi connectivity index (χ4n) is 1.51. The van der Waals surface area contributed by atoms with Crippen molar-refractivity contribution in [3.63, 3.8) is 0 Å². The third kappa shape index (κ3) is 3.65. The molecule has 0 radical (unpaired) electrons. The van der Waals surface area contributed by atoms with Crippen LogP contribution in [0.3, 0.4) is 0 Å². The number of allylic oxidation sites excluding steroid dienone is 3. The SMILES string of the molecule is O=C(O)c1ccc(S(=O)(=O)N=N/C=C2\C=CC=CN2O)cc1. The molecule has 0 unspecified atom stereocenters. The van der Waals surface area contributed by atoms with E-state index in [9.17, 15) is 18.4 Å². The van der Waals surface area contributed by atoms with Gasteiger partial charge in [-0.3, -0.25) is 5.21 Å². The van der Waals surface area contributed by atoms with Gasteiger partial charge < -0.3 is 5.11 Å². The van der Waals surface area contributed by atoms with Gasteiger partial charge in [0.05, 0.1) is 22.4 Å². The zero-order valence-corrected chi connectivity index (χ0v) is 11.9. The molecule has 0 saturated carbocycles. The first-order chi connectivity index (χ1) is 10.4. The Morgan fingerprint density at radius 2 is 1.86 bits per heavy atom. The van der Waals surface area contributed by atoms with Crippen molar-refractivity contribution in [3.8, 4) is 0 Å². The molecular weight excluding hydrogens is 310 g/mol. The smallest absolute Gasteiger partial charge is 0.335 e. The normalized spacial score (nSPS) is 16.6. The fraction of sp³-hybridized carbons (Fsp3) is 0. The number of rotatable bonds is 4. The number of nitrogens with zero attached hydrogens (tertiary/aromatic N) is 3. The Morgan fingerprint density at radius 1 is 1.18 bits per heavy atom. The minimum absolute atomic E-state index is 0.0342. The molecule has 114 valence electrons.